The van der Waals surface area contributed by atoms with Crippen LogP contribution < -0.4 is 0 Å². The summed E-state index contributed by atoms with van der Waals surface area (Å²) in [4.78, 5) is 26.0. The van der Waals surface area contributed by atoms with Gasteiger partial charge in [0.15, 0.2) is 5.41 Å². The Hall–Kier alpha value is -3.32. The normalized spacial score (nSPS) is 10.4. The Bertz CT molecular complexity index is 870. The number of allylic oxidation sites excluding steroid dienone is 1. The van der Waals surface area contributed by atoms with Gasteiger partial charge >= 0.3 is 11.9 Å². The van der Waals surface area contributed by atoms with Crippen LogP contribution in [0.5, 0.6) is 0 Å². The zero-order valence-electron chi connectivity index (χ0n) is 16.2. The van der Waals surface area contributed by atoms with E-state index in [1.165, 1.54) is 6.08 Å². The van der Waals surface area contributed by atoms with Crippen LogP contribution >= 0.6 is 0 Å². The molecule has 0 bridgehead atoms. The Balaban J connectivity index is 2.66. The van der Waals surface area contributed by atoms with Gasteiger partial charge in [0.2, 0.25) is 0 Å². The number of carbonyl (C=O) groups is 2. The van der Waals surface area contributed by atoms with Crippen LogP contribution in [0.2, 0.25) is 0 Å². The number of benzene rings is 2. The summed E-state index contributed by atoms with van der Waals surface area (Å²) in [6, 6.07) is 16.6. The molecule has 4 heteroatoms. The van der Waals surface area contributed by atoms with Crippen LogP contribution in [0.15, 0.2) is 67.3 Å². The second-order valence-corrected chi connectivity index (χ2v) is 6.00. The van der Waals surface area contributed by atoms with Gasteiger partial charge in [-0.05, 0) is 44.0 Å². The summed E-state index contributed by atoms with van der Waals surface area (Å²) in [6.45, 7) is 7.42. The molecule has 0 N–H and O–H groups in total. The maximum Gasteiger partial charge on any atom is 0.328 e. The van der Waals surface area contributed by atoms with E-state index in [9.17, 15) is 9.59 Å². The summed E-state index contributed by atoms with van der Waals surface area (Å²) < 4.78 is 10.5. The molecule has 0 aliphatic carbocycles. The van der Waals surface area contributed by atoms with Crippen molar-refractivity contribution in [3.63, 3.8) is 0 Å². The molecule has 4 nitrogen and oxygen atoms in total. The molecular formula is C24H24O4. The van der Waals surface area contributed by atoms with Gasteiger partial charge in [0.05, 0.1) is 13.2 Å². The first kappa shape index (κ1) is 21.0. The van der Waals surface area contributed by atoms with Crippen LogP contribution in [0.25, 0.3) is 0 Å². The second kappa shape index (κ2) is 10.1. The van der Waals surface area contributed by atoms with Crippen molar-refractivity contribution in [3.8, 4) is 11.8 Å². The predicted octanol–water partition coefficient (Wildman–Crippen LogP) is 4.03. The topological polar surface area (TPSA) is 52.6 Å². The van der Waals surface area contributed by atoms with E-state index in [4.69, 9.17) is 9.47 Å². The van der Waals surface area contributed by atoms with Crippen molar-refractivity contribution in [2.45, 2.75) is 25.7 Å². The second-order valence-electron chi connectivity index (χ2n) is 6.00. The first-order valence-electron chi connectivity index (χ1n) is 9.22. The Morgan fingerprint density at radius 2 is 1.50 bits per heavy atom. The maximum atomic E-state index is 13.0. The lowest BCUT2D eigenvalue weighted by Gasteiger charge is -2.29. The zero-order chi connectivity index (χ0) is 20.4. The van der Waals surface area contributed by atoms with Crippen molar-refractivity contribution >= 4 is 11.9 Å². The third kappa shape index (κ3) is 4.50. The quantitative estimate of drug-likeness (QED) is 0.317. The lowest BCUT2D eigenvalue weighted by molar-refractivity contribution is -0.164. The molecule has 0 spiro atoms. The van der Waals surface area contributed by atoms with Gasteiger partial charge in [-0.3, -0.25) is 9.59 Å². The van der Waals surface area contributed by atoms with Crippen LogP contribution in [0.1, 0.15) is 37.0 Å². The van der Waals surface area contributed by atoms with E-state index in [-0.39, 0.29) is 19.6 Å². The predicted molar refractivity (Wildman–Crippen MR) is 109 cm³/mol. The van der Waals surface area contributed by atoms with Crippen molar-refractivity contribution in [1.29, 1.82) is 0 Å². The highest BCUT2D eigenvalue weighted by Gasteiger charge is 2.50. The third-order valence-electron chi connectivity index (χ3n) is 4.20. The number of esters is 2. The molecule has 0 saturated carbocycles. The fraction of sp³-hybridized carbons (Fsp3) is 0.250. The van der Waals surface area contributed by atoms with E-state index < -0.39 is 17.4 Å². The van der Waals surface area contributed by atoms with Crippen molar-refractivity contribution in [2.75, 3.05) is 13.2 Å². The molecule has 0 amide bonds. The average molecular weight is 376 g/mol. The van der Waals surface area contributed by atoms with E-state index in [1.54, 1.807) is 32.0 Å². The SMILES string of the molecule is C=CCC(C(=O)OCC)(C(=O)OCC)c1ccccc1C#Cc1ccccc1. The smallest absolute Gasteiger partial charge is 0.328 e. The fourth-order valence-corrected chi connectivity index (χ4v) is 2.93. The third-order valence-corrected chi connectivity index (χ3v) is 4.20. The summed E-state index contributed by atoms with van der Waals surface area (Å²) in [6.07, 6.45) is 1.57. The van der Waals surface area contributed by atoms with Crippen molar-refractivity contribution in [1.82, 2.24) is 0 Å². The van der Waals surface area contributed by atoms with Gasteiger partial charge in [0.25, 0.3) is 0 Å². The minimum absolute atomic E-state index is 0.0503. The summed E-state index contributed by atoms with van der Waals surface area (Å²) in [5.74, 6) is 4.84. The molecule has 0 saturated heterocycles. The molecule has 0 fully saturated rings. The molecule has 0 aliphatic heterocycles. The van der Waals surface area contributed by atoms with Gasteiger partial charge in [0, 0.05) is 11.1 Å². The first-order chi connectivity index (χ1) is 13.6. The number of hydrogen-bond acceptors (Lipinski definition) is 4. The number of carbonyl (C=O) groups excluding carboxylic acids is 2. The van der Waals surface area contributed by atoms with Crippen LogP contribution in [-0.4, -0.2) is 25.2 Å². The Kier molecular flexibility index (Phi) is 7.59. The summed E-state index contributed by atoms with van der Waals surface area (Å²) >= 11 is 0. The Morgan fingerprint density at radius 1 is 0.929 bits per heavy atom. The van der Waals surface area contributed by atoms with Gasteiger partial charge in [0.1, 0.15) is 0 Å². The molecule has 0 aliphatic rings. The van der Waals surface area contributed by atoms with Gasteiger partial charge < -0.3 is 9.47 Å². The van der Waals surface area contributed by atoms with Crippen LogP contribution in [-0.2, 0) is 24.5 Å². The molecule has 0 heterocycles. The molecular weight excluding hydrogens is 352 g/mol. The minimum atomic E-state index is -1.64. The molecule has 28 heavy (non-hydrogen) atoms. The summed E-state index contributed by atoms with van der Waals surface area (Å²) in [5, 5.41) is 0. The molecule has 2 aromatic rings. The van der Waals surface area contributed by atoms with E-state index in [0.717, 1.165) is 5.56 Å². The monoisotopic (exact) mass is 376 g/mol. The lowest BCUT2D eigenvalue weighted by atomic mass is 9.75. The van der Waals surface area contributed by atoms with Gasteiger partial charge in [-0.25, -0.2) is 0 Å². The standard InChI is InChI=1S/C24H24O4/c1-4-18-24(22(25)27-5-2,23(26)28-6-3)21-15-11-10-14-20(21)17-16-19-12-8-7-9-13-19/h4,7-15H,1,5-6,18H2,2-3H3. The van der Waals surface area contributed by atoms with Gasteiger partial charge in [-0.2, -0.15) is 0 Å². The van der Waals surface area contributed by atoms with Crippen LogP contribution in [0.4, 0.5) is 0 Å². The van der Waals surface area contributed by atoms with E-state index in [0.29, 0.717) is 11.1 Å². The molecule has 2 aromatic carbocycles. The van der Waals surface area contributed by atoms with Crippen LogP contribution in [0.3, 0.4) is 0 Å². The summed E-state index contributed by atoms with van der Waals surface area (Å²) in [5.41, 5.74) is 0.207. The van der Waals surface area contributed by atoms with Crippen molar-refractivity contribution < 1.29 is 19.1 Å². The van der Waals surface area contributed by atoms with Crippen molar-refractivity contribution in [2.24, 2.45) is 0 Å². The highest BCUT2D eigenvalue weighted by molar-refractivity contribution is 6.07. The minimum Gasteiger partial charge on any atom is -0.465 e. The van der Waals surface area contributed by atoms with Crippen molar-refractivity contribution in [3.05, 3.63) is 83.9 Å². The molecule has 0 radical (unpaired) electrons. The number of ether oxygens (including phenoxy) is 2. The molecule has 0 aromatic heterocycles. The summed E-state index contributed by atoms with van der Waals surface area (Å²) in [7, 11) is 0. The maximum absolute atomic E-state index is 13.0. The van der Waals surface area contributed by atoms with E-state index in [1.807, 2.05) is 36.4 Å². The zero-order valence-corrected chi connectivity index (χ0v) is 16.2. The lowest BCUT2D eigenvalue weighted by Crippen LogP contribution is -2.46. The van der Waals surface area contributed by atoms with E-state index in [2.05, 4.69) is 18.4 Å². The van der Waals surface area contributed by atoms with E-state index >= 15 is 0 Å². The first-order valence-corrected chi connectivity index (χ1v) is 9.22. The Labute approximate surface area is 166 Å². The fourth-order valence-electron chi connectivity index (χ4n) is 2.93. The number of hydrogen-bond donors (Lipinski definition) is 0. The van der Waals surface area contributed by atoms with Crippen LogP contribution in [0, 0.1) is 11.8 Å². The Morgan fingerprint density at radius 3 is 2.07 bits per heavy atom. The highest BCUT2D eigenvalue weighted by Crippen LogP contribution is 2.34. The average Bonchev–Trinajstić information content (AvgIpc) is 2.72. The number of rotatable bonds is 7. The molecule has 0 unspecified atom stereocenters. The largest absolute Gasteiger partial charge is 0.465 e. The molecule has 144 valence electrons. The molecule has 0 atom stereocenters. The highest BCUT2D eigenvalue weighted by atomic mass is 16.6. The molecule has 2 rings (SSSR count). The van der Waals surface area contributed by atoms with Gasteiger partial charge in [-0.1, -0.05) is 54.3 Å². The van der Waals surface area contributed by atoms with Gasteiger partial charge in [-0.15, -0.1) is 6.58 Å².